The summed E-state index contributed by atoms with van der Waals surface area (Å²) >= 11 is 0. The van der Waals surface area contributed by atoms with Gasteiger partial charge < -0.3 is 0 Å². The maximum atomic E-state index is 14.0. The van der Waals surface area contributed by atoms with Crippen molar-refractivity contribution < 1.29 is 26.8 Å². The Bertz CT molecular complexity index is 655. The van der Waals surface area contributed by atoms with Gasteiger partial charge in [0.2, 0.25) is 11.6 Å². The molecule has 0 spiro atoms. The Morgan fingerprint density at radius 1 is 1.18 bits per heavy atom. The Hall–Kier alpha value is -1.67. The van der Waals surface area contributed by atoms with Gasteiger partial charge in [-0.2, -0.15) is 0 Å². The second-order valence-electron chi connectivity index (χ2n) is 3.46. The van der Waals surface area contributed by atoms with Crippen LogP contribution in [-0.2, 0) is 10.0 Å². The number of primary sulfonamides is 1. The van der Waals surface area contributed by atoms with Crippen LogP contribution in [0.25, 0.3) is 0 Å². The number of rotatable bonds is 1. The maximum Gasteiger partial charge on any atom is 0.347 e. The fraction of sp³-hybridized carbons (Fsp3) is 0.111. The molecule has 2 N–H and O–H groups in total. The zero-order valence-electron chi connectivity index (χ0n) is 8.11. The van der Waals surface area contributed by atoms with E-state index < -0.39 is 43.5 Å². The highest BCUT2D eigenvalue weighted by atomic mass is 32.2. The Labute approximate surface area is 94.3 Å². The predicted molar refractivity (Wildman–Crippen MR) is 52.0 cm³/mol. The van der Waals surface area contributed by atoms with Crippen LogP contribution in [-0.4, -0.2) is 25.0 Å². The third kappa shape index (κ3) is 1.28. The van der Waals surface area contributed by atoms with Gasteiger partial charge in [-0.15, -0.1) is 0 Å². The molecular formula is C9H5F2NO4S. The largest absolute Gasteiger partial charge is 0.347 e. The fourth-order valence-corrected chi connectivity index (χ4v) is 2.37. The number of Topliss-reactive ketones (excluding diaryl/α,β-unsaturated/α-hetero) is 2. The third-order valence-corrected chi connectivity index (χ3v) is 3.62. The van der Waals surface area contributed by atoms with E-state index >= 15 is 0 Å². The highest BCUT2D eigenvalue weighted by Crippen LogP contribution is 2.37. The van der Waals surface area contributed by atoms with Crippen molar-refractivity contribution in [2.24, 2.45) is 5.14 Å². The van der Waals surface area contributed by atoms with E-state index in [0.717, 1.165) is 18.2 Å². The van der Waals surface area contributed by atoms with Crippen molar-refractivity contribution in [1.29, 1.82) is 0 Å². The van der Waals surface area contributed by atoms with E-state index in [1.807, 2.05) is 0 Å². The van der Waals surface area contributed by atoms with Gasteiger partial charge in [-0.1, -0.05) is 12.1 Å². The van der Waals surface area contributed by atoms with Crippen LogP contribution in [0.4, 0.5) is 8.78 Å². The van der Waals surface area contributed by atoms with Crippen molar-refractivity contribution in [3.05, 3.63) is 35.1 Å². The van der Waals surface area contributed by atoms with Gasteiger partial charge in [0.15, 0.2) is 0 Å². The molecule has 5 nitrogen and oxygen atoms in total. The molecule has 0 aromatic heterocycles. The van der Waals surface area contributed by atoms with Gasteiger partial charge >= 0.3 is 5.00 Å². The van der Waals surface area contributed by atoms with E-state index in [-0.39, 0.29) is 0 Å². The quantitative estimate of drug-likeness (QED) is 0.728. The Kier molecular flexibility index (Phi) is 2.20. The lowest BCUT2D eigenvalue weighted by atomic mass is 10.1. The van der Waals surface area contributed by atoms with Gasteiger partial charge in [0.1, 0.15) is 5.82 Å². The van der Waals surface area contributed by atoms with E-state index in [1.54, 1.807) is 0 Å². The number of alkyl halides is 1. The van der Waals surface area contributed by atoms with Crippen molar-refractivity contribution in [3.8, 4) is 0 Å². The van der Waals surface area contributed by atoms with E-state index in [2.05, 4.69) is 5.14 Å². The smallest absolute Gasteiger partial charge is 0.289 e. The van der Waals surface area contributed by atoms with Crippen LogP contribution in [0.3, 0.4) is 0 Å². The van der Waals surface area contributed by atoms with Gasteiger partial charge in [0, 0.05) is 5.56 Å². The minimum Gasteiger partial charge on any atom is -0.289 e. The molecule has 0 saturated carbocycles. The van der Waals surface area contributed by atoms with Gasteiger partial charge in [-0.05, 0) is 6.07 Å². The SMILES string of the molecule is NS(=O)(=O)C1(F)C(=O)c2cccc(F)c2C1=O. The van der Waals surface area contributed by atoms with Crippen molar-refractivity contribution in [1.82, 2.24) is 0 Å². The summed E-state index contributed by atoms with van der Waals surface area (Å²) in [7, 11) is -5.12. The summed E-state index contributed by atoms with van der Waals surface area (Å²) in [4.78, 5) is 23.0. The molecule has 1 aromatic carbocycles. The summed E-state index contributed by atoms with van der Waals surface area (Å²) in [5.74, 6) is -4.60. The minimum absolute atomic E-state index is 0.619. The van der Waals surface area contributed by atoms with Crippen molar-refractivity contribution in [2.75, 3.05) is 0 Å². The molecular weight excluding hydrogens is 256 g/mol. The number of benzene rings is 1. The second kappa shape index (κ2) is 3.17. The molecule has 8 heteroatoms. The Morgan fingerprint density at radius 3 is 2.24 bits per heavy atom. The number of nitrogens with two attached hydrogens (primary N) is 1. The summed E-state index contributed by atoms with van der Waals surface area (Å²) in [6.07, 6.45) is 0. The first kappa shape index (κ1) is 11.8. The first-order valence-electron chi connectivity index (χ1n) is 4.30. The normalized spacial score (nSPS) is 23.9. The Balaban J connectivity index is 2.83. The van der Waals surface area contributed by atoms with E-state index in [0.29, 0.717) is 0 Å². The van der Waals surface area contributed by atoms with Crippen LogP contribution in [0.1, 0.15) is 20.7 Å². The van der Waals surface area contributed by atoms with Crippen LogP contribution < -0.4 is 5.14 Å². The molecule has 0 saturated heterocycles. The van der Waals surface area contributed by atoms with Crippen molar-refractivity contribution >= 4 is 21.6 Å². The molecule has 0 aliphatic heterocycles. The summed E-state index contributed by atoms with van der Waals surface area (Å²) in [6, 6.07) is 2.85. The number of hydrogen-bond donors (Lipinski definition) is 1. The van der Waals surface area contributed by atoms with Crippen LogP contribution >= 0.6 is 0 Å². The number of ketones is 2. The first-order chi connectivity index (χ1) is 7.71. The molecule has 1 unspecified atom stereocenters. The van der Waals surface area contributed by atoms with Crippen LogP contribution in [0.2, 0.25) is 0 Å². The molecule has 2 rings (SSSR count). The molecule has 1 atom stereocenters. The molecule has 0 fully saturated rings. The number of carbonyl (C=O) groups excluding carboxylic acids is 2. The second-order valence-corrected chi connectivity index (χ2v) is 5.11. The van der Waals surface area contributed by atoms with Crippen molar-refractivity contribution in [3.63, 3.8) is 0 Å². The summed E-state index contributed by atoms with van der Waals surface area (Å²) in [5.41, 5.74) is -1.50. The Morgan fingerprint density at radius 2 is 1.76 bits per heavy atom. The van der Waals surface area contributed by atoms with Gasteiger partial charge in [0.25, 0.3) is 10.0 Å². The lowest BCUT2D eigenvalue weighted by molar-refractivity contribution is 0.0735. The number of halogens is 2. The summed E-state index contributed by atoms with van der Waals surface area (Å²) in [6.45, 7) is 0. The van der Waals surface area contributed by atoms with E-state index in [1.165, 1.54) is 0 Å². The molecule has 1 aromatic rings. The summed E-state index contributed by atoms with van der Waals surface area (Å²) < 4.78 is 49.3. The van der Waals surface area contributed by atoms with Crippen molar-refractivity contribution in [2.45, 2.75) is 5.00 Å². The highest BCUT2D eigenvalue weighted by molar-refractivity contribution is 7.92. The number of hydrogen-bond acceptors (Lipinski definition) is 4. The van der Waals surface area contributed by atoms with Gasteiger partial charge in [-0.3, -0.25) is 9.59 Å². The predicted octanol–water partition coefficient (Wildman–Crippen LogP) is 0.159. The molecule has 0 radical (unpaired) electrons. The zero-order valence-corrected chi connectivity index (χ0v) is 8.92. The van der Waals surface area contributed by atoms with E-state index in [4.69, 9.17) is 0 Å². The van der Waals surface area contributed by atoms with Gasteiger partial charge in [-0.25, -0.2) is 22.3 Å². The molecule has 1 aliphatic rings. The van der Waals surface area contributed by atoms with E-state index in [9.17, 15) is 26.8 Å². The topological polar surface area (TPSA) is 94.3 Å². The van der Waals surface area contributed by atoms with Gasteiger partial charge in [0.05, 0.1) is 5.56 Å². The lowest BCUT2D eigenvalue weighted by Gasteiger charge is -2.12. The average Bonchev–Trinajstić information content (AvgIpc) is 2.42. The molecule has 17 heavy (non-hydrogen) atoms. The number of sulfonamides is 1. The molecule has 0 amide bonds. The maximum absolute atomic E-state index is 14.0. The molecule has 1 aliphatic carbocycles. The number of fused-ring (bicyclic) bond motifs is 1. The fourth-order valence-electron chi connectivity index (χ4n) is 1.64. The summed E-state index contributed by atoms with van der Waals surface area (Å²) in [5, 5.41) is 0.599. The number of carbonyl (C=O) groups is 2. The lowest BCUT2D eigenvalue weighted by Crippen LogP contribution is -2.48. The van der Waals surface area contributed by atoms with Crippen LogP contribution in [0.15, 0.2) is 18.2 Å². The average molecular weight is 261 g/mol. The monoisotopic (exact) mass is 261 g/mol. The first-order valence-corrected chi connectivity index (χ1v) is 5.85. The van der Waals surface area contributed by atoms with Crippen LogP contribution in [0, 0.1) is 5.82 Å². The van der Waals surface area contributed by atoms with Crippen LogP contribution in [0.5, 0.6) is 0 Å². The zero-order chi connectivity index (χ0) is 13.0. The molecule has 0 heterocycles. The standard InChI is InChI=1S/C9H5F2NO4S/c10-5-3-1-2-4-6(5)8(14)9(11,7(4)13)17(12,15)16/h1-3H,(H2,12,15,16). The third-order valence-electron chi connectivity index (χ3n) is 2.46. The molecule has 90 valence electrons. The molecule has 0 bridgehead atoms. The highest BCUT2D eigenvalue weighted by Gasteiger charge is 2.63. The minimum atomic E-state index is -5.12.